The first-order chi connectivity index (χ1) is 11.8. The van der Waals surface area contributed by atoms with Gasteiger partial charge in [-0.25, -0.2) is 4.98 Å². The molecular formula is C20H19N3O. The van der Waals surface area contributed by atoms with E-state index in [4.69, 9.17) is 0 Å². The zero-order valence-corrected chi connectivity index (χ0v) is 13.4. The lowest BCUT2D eigenvalue weighted by Gasteiger charge is -2.21. The summed E-state index contributed by atoms with van der Waals surface area (Å²) in [5.74, 6) is 0.0871. The molecule has 0 bridgehead atoms. The second kappa shape index (κ2) is 6.32. The van der Waals surface area contributed by atoms with E-state index < -0.39 is 0 Å². The summed E-state index contributed by atoms with van der Waals surface area (Å²) >= 11 is 0. The standard InChI is InChI=1S/C20H19N3O/c24-20(22-11-6-12-23-15-21-13-17(23)14-22)19-10-5-4-9-18(19)16-7-2-1-3-8-16/h1-5,7-10,13,15H,6,11-12,14H2. The number of nitrogens with zero attached hydrogens (tertiary/aromatic N) is 3. The molecule has 3 aromatic rings. The highest BCUT2D eigenvalue weighted by atomic mass is 16.2. The average molecular weight is 317 g/mol. The SMILES string of the molecule is O=C(c1ccccc1-c1ccccc1)N1CCCn2cncc2C1. The van der Waals surface area contributed by atoms with Gasteiger partial charge in [-0.15, -0.1) is 0 Å². The first kappa shape index (κ1) is 14.7. The summed E-state index contributed by atoms with van der Waals surface area (Å²) in [6.07, 6.45) is 4.65. The third-order valence-corrected chi connectivity index (χ3v) is 4.51. The highest BCUT2D eigenvalue weighted by Crippen LogP contribution is 2.25. The zero-order valence-electron chi connectivity index (χ0n) is 13.4. The normalized spacial score (nSPS) is 14.1. The van der Waals surface area contributed by atoms with Gasteiger partial charge in [-0.05, 0) is 23.6 Å². The van der Waals surface area contributed by atoms with Crippen LogP contribution in [0.15, 0.2) is 67.1 Å². The molecule has 0 radical (unpaired) electrons. The minimum absolute atomic E-state index is 0.0871. The van der Waals surface area contributed by atoms with E-state index in [1.165, 1.54) is 0 Å². The van der Waals surface area contributed by atoms with Gasteiger partial charge in [-0.3, -0.25) is 4.79 Å². The summed E-state index contributed by atoms with van der Waals surface area (Å²) in [6, 6.07) is 17.9. The number of amides is 1. The Morgan fingerprint density at radius 1 is 0.958 bits per heavy atom. The number of fused-ring (bicyclic) bond motifs is 1. The molecule has 0 unspecified atom stereocenters. The van der Waals surface area contributed by atoms with Crippen LogP contribution < -0.4 is 0 Å². The van der Waals surface area contributed by atoms with Crippen molar-refractivity contribution in [3.05, 3.63) is 78.4 Å². The first-order valence-electron chi connectivity index (χ1n) is 8.25. The molecule has 2 aromatic carbocycles. The Morgan fingerprint density at radius 3 is 2.62 bits per heavy atom. The largest absolute Gasteiger partial charge is 0.333 e. The maximum Gasteiger partial charge on any atom is 0.254 e. The number of aromatic nitrogens is 2. The number of aryl methyl sites for hydroxylation is 1. The van der Waals surface area contributed by atoms with Gasteiger partial charge in [0.1, 0.15) is 0 Å². The minimum atomic E-state index is 0.0871. The molecule has 2 heterocycles. The lowest BCUT2D eigenvalue weighted by molar-refractivity contribution is 0.0746. The van der Waals surface area contributed by atoms with Crippen molar-refractivity contribution in [2.45, 2.75) is 19.5 Å². The van der Waals surface area contributed by atoms with Crippen LogP contribution in [-0.4, -0.2) is 26.9 Å². The quantitative estimate of drug-likeness (QED) is 0.724. The molecule has 0 saturated carbocycles. The van der Waals surface area contributed by atoms with Gasteiger partial charge in [0, 0.05) is 24.8 Å². The van der Waals surface area contributed by atoms with E-state index in [-0.39, 0.29) is 5.91 Å². The maximum atomic E-state index is 13.2. The van der Waals surface area contributed by atoms with Gasteiger partial charge in [-0.1, -0.05) is 48.5 Å². The maximum absolute atomic E-state index is 13.2. The number of rotatable bonds is 2. The highest BCUT2D eigenvalue weighted by Gasteiger charge is 2.22. The Kier molecular flexibility index (Phi) is 3.87. The van der Waals surface area contributed by atoms with Crippen molar-refractivity contribution in [3.8, 4) is 11.1 Å². The fourth-order valence-corrected chi connectivity index (χ4v) is 3.27. The molecule has 1 aliphatic rings. The summed E-state index contributed by atoms with van der Waals surface area (Å²) in [5, 5.41) is 0. The Bertz CT molecular complexity index is 854. The minimum Gasteiger partial charge on any atom is -0.333 e. The Morgan fingerprint density at radius 2 is 1.75 bits per heavy atom. The molecule has 1 amide bonds. The molecule has 0 atom stereocenters. The highest BCUT2D eigenvalue weighted by molar-refractivity contribution is 6.00. The third-order valence-electron chi connectivity index (χ3n) is 4.51. The number of benzene rings is 2. The van der Waals surface area contributed by atoms with Gasteiger partial charge in [0.25, 0.3) is 5.91 Å². The van der Waals surface area contributed by atoms with E-state index in [1.807, 2.05) is 72.0 Å². The fraction of sp³-hybridized carbons (Fsp3) is 0.200. The van der Waals surface area contributed by atoms with Gasteiger partial charge in [-0.2, -0.15) is 0 Å². The smallest absolute Gasteiger partial charge is 0.254 e. The molecule has 1 aliphatic heterocycles. The third kappa shape index (κ3) is 2.71. The Hall–Kier alpha value is -2.88. The van der Waals surface area contributed by atoms with Crippen LogP contribution in [0.2, 0.25) is 0 Å². The topological polar surface area (TPSA) is 38.1 Å². The number of imidazole rings is 1. The van der Waals surface area contributed by atoms with Crippen LogP contribution in [0.25, 0.3) is 11.1 Å². The molecular weight excluding hydrogens is 298 g/mol. The lowest BCUT2D eigenvalue weighted by Crippen LogP contribution is -2.31. The first-order valence-corrected chi connectivity index (χ1v) is 8.25. The molecule has 4 heteroatoms. The van der Waals surface area contributed by atoms with Crippen molar-refractivity contribution in [1.82, 2.24) is 14.5 Å². The van der Waals surface area contributed by atoms with Crippen LogP contribution in [0, 0.1) is 0 Å². The summed E-state index contributed by atoms with van der Waals surface area (Å²) < 4.78 is 2.14. The fourth-order valence-electron chi connectivity index (χ4n) is 3.27. The molecule has 4 rings (SSSR count). The van der Waals surface area contributed by atoms with Gasteiger partial charge < -0.3 is 9.47 Å². The number of carbonyl (C=O) groups excluding carboxylic acids is 1. The molecule has 0 saturated heterocycles. The van der Waals surface area contributed by atoms with Crippen molar-refractivity contribution in [1.29, 1.82) is 0 Å². The van der Waals surface area contributed by atoms with Crippen LogP contribution in [0.3, 0.4) is 0 Å². The molecule has 0 fully saturated rings. The molecule has 24 heavy (non-hydrogen) atoms. The summed E-state index contributed by atoms with van der Waals surface area (Å²) in [6.45, 7) is 2.30. The van der Waals surface area contributed by atoms with Gasteiger partial charge >= 0.3 is 0 Å². The molecule has 4 nitrogen and oxygen atoms in total. The van der Waals surface area contributed by atoms with Gasteiger partial charge in [0.05, 0.1) is 18.6 Å². The second-order valence-electron chi connectivity index (χ2n) is 6.07. The molecule has 0 spiro atoms. The van der Waals surface area contributed by atoms with Crippen LogP contribution in [0.4, 0.5) is 0 Å². The van der Waals surface area contributed by atoms with E-state index in [0.717, 1.165) is 41.9 Å². The summed E-state index contributed by atoms with van der Waals surface area (Å²) in [7, 11) is 0. The predicted octanol–water partition coefficient (Wildman–Crippen LogP) is 3.60. The number of hydrogen-bond acceptors (Lipinski definition) is 2. The van der Waals surface area contributed by atoms with Crippen LogP contribution in [0.5, 0.6) is 0 Å². The van der Waals surface area contributed by atoms with Crippen molar-refractivity contribution in [2.75, 3.05) is 6.54 Å². The van der Waals surface area contributed by atoms with Gasteiger partial charge in [0.2, 0.25) is 0 Å². The van der Waals surface area contributed by atoms with Crippen LogP contribution >= 0.6 is 0 Å². The van der Waals surface area contributed by atoms with E-state index >= 15 is 0 Å². The van der Waals surface area contributed by atoms with E-state index in [1.54, 1.807) is 0 Å². The number of carbonyl (C=O) groups is 1. The number of hydrogen-bond donors (Lipinski definition) is 0. The van der Waals surface area contributed by atoms with E-state index in [2.05, 4.69) is 9.55 Å². The van der Waals surface area contributed by atoms with E-state index in [9.17, 15) is 4.79 Å². The van der Waals surface area contributed by atoms with Crippen molar-refractivity contribution < 1.29 is 4.79 Å². The second-order valence-corrected chi connectivity index (χ2v) is 6.07. The zero-order chi connectivity index (χ0) is 16.4. The lowest BCUT2D eigenvalue weighted by atomic mass is 9.99. The Balaban J connectivity index is 1.68. The van der Waals surface area contributed by atoms with Crippen LogP contribution in [-0.2, 0) is 13.1 Å². The summed E-state index contributed by atoms with van der Waals surface area (Å²) in [5.41, 5.74) is 3.91. The molecule has 0 aliphatic carbocycles. The Labute approximate surface area is 141 Å². The van der Waals surface area contributed by atoms with Crippen LogP contribution in [0.1, 0.15) is 22.5 Å². The predicted molar refractivity (Wildman–Crippen MR) is 93.5 cm³/mol. The molecule has 1 aromatic heterocycles. The van der Waals surface area contributed by atoms with Crippen molar-refractivity contribution >= 4 is 5.91 Å². The average Bonchev–Trinajstić information content (AvgIpc) is 2.98. The van der Waals surface area contributed by atoms with Crippen molar-refractivity contribution in [2.24, 2.45) is 0 Å². The van der Waals surface area contributed by atoms with Gasteiger partial charge in [0.15, 0.2) is 0 Å². The monoisotopic (exact) mass is 317 g/mol. The molecule has 0 N–H and O–H groups in total. The van der Waals surface area contributed by atoms with Crippen molar-refractivity contribution in [3.63, 3.8) is 0 Å². The summed E-state index contributed by atoms with van der Waals surface area (Å²) in [4.78, 5) is 19.3. The van der Waals surface area contributed by atoms with E-state index in [0.29, 0.717) is 6.54 Å². The molecule has 120 valence electrons.